The summed E-state index contributed by atoms with van der Waals surface area (Å²) in [6.07, 6.45) is 6.75. The number of nitrogens with zero attached hydrogens (tertiary/aromatic N) is 5. The Bertz CT molecular complexity index is 778. The van der Waals surface area contributed by atoms with E-state index in [0.717, 1.165) is 50.4 Å². The van der Waals surface area contributed by atoms with Crippen LogP contribution in [-0.4, -0.2) is 24.5 Å². The van der Waals surface area contributed by atoms with Crippen molar-refractivity contribution in [2.24, 2.45) is 5.11 Å². The first-order valence-corrected chi connectivity index (χ1v) is 14.4. The third-order valence-electron chi connectivity index (χ3n) is 4.90. The Morgan fingerprint density at radius 2 is 1.97 bits per heavy atom. The van der Waals surface area contributed by atoms with E-state index in [4.69, 9.17) is 15.4 Å². The van der Waals surface area contributed by atoms with E-state index in [2.05, 4.69) is 67.1 Å². The van der Waals surface area contributed by atoms with E-state index < -0.39 is 8.07 Å². The fraction of sp³-hybridized carbons (Fsp3) is 0.591. The zero-order valence-corrected chi connectivity index (χ0v) is 19.3. The molecule has 0 radical (unpaired) electrons. The summed E-state index contributed by atoms with van der Waals surface area (Å²) in [5.41, 5.74) is 12.5. The molecule has 1 aromatic carbocycles. The van der Waals surface area contributed by atoms with Crippen molar-refractivity contribution in [3.8, 4) is 0 Å². The zero-order chi connectivity index (χ0) is 21.1. The van der Waals surface area contributed by atoms with E-state index in [9.17, 15) is 0 Å². The molecule has 158 valence electrons. The highest BCUT2D eigenvalue weighted by atomic mass is 28.3. The van der Waals surface area contributed by atoms with Crippen molar-refractivity contribution in [3.63, 3.8) is 0 Å². The molecule has 0 fully saturated rings. The second-order valence-corrected chi connectivity index (χ2v) is 14.4. The maximum Gasteiger partial charge on any atom is 0.139 e. The van der Waals surface area contributed by atoms with Crippen LogP contribution in [0.5, 0.6) is 0 Å². The molecule has 1 atom stereocenters. The van der Waals surface area contributed by atoms with Crippen molar-refractivity contribution in [3.05, 3.63) is 63.8 Å². The lowest BCUT2D eigenvalue weighted by molar-refractivity contribution is 0.0781. The monoisotopic (exact) mass is 413 g/mol. The molecule has 0 aliphatic rings. The van der Waals surface area contributed by atoms with Gasteiger partial charge in [0.1, 0.15) is 6.73 Å². The van der Waals surface area contributed by atoms with Crippen LogP contribution in [0.15, 0.2) is 41.6 Å². The quantitative estimate of drug-likeness (QED) is 0.123. The van der Waals surface area contributed by atoms with Gasteiger partial charge in [0.15, 0.2) is 0 Å². The van der Waals surface area contributed by atoms with Crippen LogP contribution in [0.1, 0.15) is 49.0 Å². The molecule has 0 bridgehead atoms. The first-order valence-electron chi connectivity index (χ1n) is 10.6. The fourth-order valence-corrected chi connectivity index (χ4v) is 4.04. The Hall–Kier alpha value is -2.08. The zero-order valence-electron chi connectivity index (χ0n) is 18.3. The number of ether oxygens (including phenoxy) is 1. The van der Waals surface area contributed by atoms with Crippen molar-refractivity contribution in [1.82, 2.24) is 9.78 Å². The molecule has 0 amide bonds. The highest BCUT2D eigenvalue weighted by Crippen LogP contribution is 2.27. The fourth-order valence-electron chi connectivity index (χ4n) is 3.28. The Labute approximate surface area is 175 Å². The molecule has 7 heteroatoms. The van der Waals surface area contributed by atoms with Crippen LogP contribution in [-0.2, 0) is 24.3 Å². The molecule has 2 rings (SSSR count). The molecule has 0 spiro atoms. The first-order chi connectivity index (χ1) is 13.9. The molecule has 0 saturated carbocycles. The average Bonchev–Trinajstić information content (AvgIpc) is 3.08. The van der Waals surface area contributed by atoms with Crippen LogP contribution in [0.2, 0.25) is 25.7 Å². The largest absolute Gasteiger partial charge is 0.360 e. The first kappa shape index (κ1) is 23.2. The summed E-state index contributed by atoms with van der Waals surface area (Å²) < 4.78 is 7.72. The van der Waals surface area contributed by atoms with Crippen molar-refractivity contribution in [2.75, 3.05) is 6.61 Å². The van der Waals surface area contributed by atoms with Crippen LogP contribution in [0.25, 0.3) is 10.4 Å². The minimum atomic E-state index is -1.10. The van der Waals surface area contributed by atoms with Gasteiger partial charge in [-0.05, 0) is 48.4 Å². The van der Waals surface area contributed by atoms with Gasteiger partial charge in [-0.2, -0.15) is 5.10 Å². The van der Waals surface area contributed by atoms with Gasteiger partial charge in [0.05, 0.1) is 11.7 Å². The third kappa shape index (κ3) is 8.44. The minimum absolute atomic E-state index is 0.228. The number of aromatic nitrogens is 2. The van der Waals surface area contributed by atoms with Gasteiger partial charge in [0, 0.05) is 25.8 Å². The summed E-state index contributed by atoms with van der Waals surface area (Å²) in [7, 11) is -1.10. The van der Waals surface area contributed by atoms with Gasteiger partial charge in [-0.1, -0.05) is 68.4 Å². The number of aryl methyl sites for hydroxylation is 2. The third-order valence-corrected chi connectivity index (χ3v) is 6.61. The standard InChI is InChI=1S/C22H35N5OSi/c1-5-10-20-17-27(18-28-15-16-29(2,3)4)25-22(20)21(24-26-23)14-9-13-19-11-7-6-8-12-19/h6-8,11-12,17,21H,5,9-10,13-16,18H2,1-4H3. The van der Waals surface area contributed by atoms with E-state index in [1.807, 2.05) is 10.7 Å². The van der Waals surface area contributed by atoms with E-state index in [0.29, 0.717) is 6.73 Å². The van der Waals surface area contributed by atoms with Gasteiger partial charge < -0.3 is 4.74 Å². The molecule has 1 heterocycles. The maximum atomic E-state index is 9.09. The second kappa shape index (κ2) is 11.8. The molecular weight excluding hydrogens is 378 g/mol. The highest BCUT2D eigenvalue weighted by molar-refractivity contribution is 6.76. The van der Waals surface area contributed by atoms with Gasteiger partial charge in [-0.3, -0.25) is 0 Å². The lowest BCUT2D eigenvalue weighted by Gasteiger charge is -2.15. The molecule has 29 heavy (non-hydrogen) atoms. The van der Waals surface area contributed by atoms with Gasteiger partial charge in [0.25, 0.3) is 0 Å². The molecule has 0 aliphatic heterocycles. The number of rotatable bonds is 13. The smallest absolute Gasteiger partial charge is 0.139 e. The number of hydrogen-bond acceptors (Lipinski definition) is 3. The molecule has 1 aromatic heterocycles. The molecular formula is C22H35N5OSi. The molecule has 0 aliphatic carbocycles. The SMILES string of the molecule is CCCc1cn(COCC[Si](C)(C)C)nc1C(CCCc1ccccc1)N=[N+]=[N-]. The Morgan fingerprint density at radius 3 is 2.62 bits per heavy atom. The highest BCUT2D eigenvalue weighted by Gasteiger charge is 2.19. The van der Waals surface area contributed by atoms with Crippen LogP contribution < -0.4 is 0 Å². The molecule has 0 saturated heterocycles. The van der Waals surface area contributed by atoms with Crippen molar-refractivity contribution in [1.29, 1.82) is 0 Å². The van der Waals surface area contributed by atoms with Gasteiger partial charge in [0.2, 0.25) is 0 Å². The summed E-state index contributed by atoms with van der Waals surface area (Å²) >= 11 is 0. The summed E-state index contributed by atoms with van der Waals surface area (Å²) in [6.45, 7) is 10.4. The van der Waals surface area contributed by atoms with Crippen LogP contribution in [0.4, 0.5) is 0 Å². The number of benzene rings is 1. The lowest BCUT2D eigenvalue weighted by atomic mass is 10.00. The Kier molecular flexibility index (Phi) is 9.44. The Balaban J connectivity index is 2.02. The van der Waals surface area contributed by atoms with Gasteiger partial charge >= 0.3 is 0 Å². The number of hydrogen-bond donors (Lipinski definition) is 0. The van der Waals surface area contributed by atoms with Crippen LogP contribution in [0.3, 0.4) is 0 Å². The van der Waals surface area contributed by atoms with E-state index in [1.165, 1.54) is 11.1 Å². The predicted molar refractivity (Wildman–Crippen MR) is 122 cm³/mol. The molecule has 0 N–H and O–H groups in total. The van der Waals surface area contributed by atoms with Crippen LogP contribution >= 0.6 is 0 Å². The predicted octanol–water partition coefficient (Wildman–Crippen LogP) is 6.52. The second-order valence-electron chi connectivity index (χ2n) is 8.78. The lowest BCUT2D eigenvalue weighted by Crippen LogP contribution is -2.22. The molecule has 1 unspecified atom stereocenters. The van der Waals surface area contributed by atoms with Crippen molar-refractivity contribution in [2.45, 2.75) is 77.5 Å². The molecule has 6 nitrogen and oxygen atoms in total. The van der Waals surface area contributed by atoms with Gasteiger partial charge in [-0.25, -0.2) is 4.68 Å². The van der Waals surface area contributed by atoms with Gasteiger partial charge in [-0.15, -0.1) is 0 Å². The van der Waals surface area contributed by atoms with Crippen molar-refractivity contribution < 1.29 is 4.74 Å². The summed E-state index contributed by atoms with van der Waals surface area (Å²) in [4.78, 5) is 3.10. The van der Waals surface area contributed by atoms with E-state index >= 15 is 0 Å². The Morgan fingerprint density at radius 1 is 1.21 bits per heavy atom. The molecule has 2 aromatic rings. The van der Waals surface area contributed by atoms with E-state index in [-0.39, 0.29) is 6.04 Å². The minimum Gasteiger partial charge on any atom is -0.360 e. The maximum absolute atomic E-state index is 9.09. The normalized spacial score (nSPS) is 12.6. The van der Waals surface area contributed by atoms with Crippen molar-refractivity contribution >= 4 is 8.07 Å². The summed E-state index contributed by atoms with van der Waals surface area (Å²) in [5.74, 6) is 0. The van der Waals surface area contributed by atoms with E-state index in [1.54, 1.807) is 0 Å². The summed E-state index contributed by atoms with van der Waals surface area (Å²) in [5, 5.41) is 8.83. The average molecular weight is 414 g/mol. The summed E-state index contributed by atoms with van der Waals surface area (Å²) in [6, 6.07) is 11.3. The number of azide groups is 1. The van der Waals surface area contributed by atoms with Crippen LogP contribution in [0, 0.1) is 0 Å². The topological polar surface area (TPSA) is 75.8 Å².